The van der Waals surface area contributed by atoms with E-state index >= 15 is 0 Å². The Bertz CT molecular complexity index is 1750. The molecule has 0 saturated carbocycles. The molecule has 3 aromatic rings. The van der Waals surface area contributed by atoms with Gasteiger partial charge in [0, 0.05) is 36.7 Å². The van der Waals surface area contributed by atoms with Crippen LogP contribution in [0.15, 0.2) is 63.5 Å². The van der Waals surface area contributed by atoms with Crippen LogP contribution in [0.1, 0.15) is 22.3 Å². The van der Waals surface area contributed by atoms with Gasteiger partial charge in [-0.05, 0) is 56.6 Å². The van der Waals surface area contributed by atoms with Gasteiger partial charge >= 0.3 is 0 Å². The molecule has 0 aliphatic heterocycles. The van der Waals surface area contributed by atoms with Crippen LogP contribution >= 0.6 is 0 Å². The highest BCUT2D eigenvalue weighted by molar-refractivity contribution is 6.25. The number of carbonyl (C=O) groups excluding carboxylic acids is 3. The van der Waals surface area contributed by atoms with Crippen molar-refractivity contribution in [3.8, 4) is 17.1 Å². The number of amides is 1. The molecular formula is C31H31N3O8. The molecule has 1 amide bonds. The van der Waals surface area contributed by atoms with Crippen molar-refractivity contribution in [3.63, 3.8) is 0 Å². The van der Waals surface area contributed by atoms with Gasteiger partial charge in [-0.15, -0.1) is 0 Å². The quantitative estimate of drug-likeness (QED) is 0.292. The number of primary amides is 1. The lowest BCUT2D eigenvalue weighted by Crippen LogP contribution is -2.63. The van der Waals surface area contributed by atoms with Crippen LogP contribution < -0.4 is 10.6 Å². The van der Waals surface area contributed by atoms with Gasteiger partial charge in [-0.1, -0.05) is 18.2 Å². The molecule has 6 N–H and O–H groups in total. The number of allylic oxidation sites excluding steroid dienone is 1. The maximum atomic E-state index is 14.2. The highest BCUT2D eigenvalue weighted by Gasteiger charge is 2.63. The fraction of sp³-hybridized carbons (Fsp3) is 0.323. The van der Waals surface area contributed by atoms with Crippen molar-refractivity contribution in [2.45, 2.75) is 24.5 Å². The second-order valence-corrected chi connectivity index (χ2v) is 11.7. The van der Waals surface area contributed by atoms with Gasteiger partial charge in [-0.3, -0.25) is 19.3 Å². The molecule has 4 unspecified atom stereocenters. The number of anilines is 1. The molecule has 0 spiro atoms. The summed E-state index contributed by atoms with van der Waals surface area (Å²) in [5, 5.41) is 46.7. The Morgan fingerprint density at radius 3 is 2.38 bits per heavy atom. The van der Waals surface area contributed by atoms with Gasteiger partial charge < -0.3 is 35.5 Å². The first-order valence-electron chi connectivity index (χ1n) is 13.5. The number of aliphatic hydroxyl groups excluding tert-OH is 2. The number of ketones is 2. The number of hydrogen-bond acceptors (Lipinski definition) is 10. The van der Waals surface area contributed by atoms with Gasteiger partial charge in [0.15, 0.2) is 11.4 Å². The van der Waals surface area contributed by atoms with Crippen LogP contribution in [0.5, 0.6) is 5.75 Å². The lowest BCUT2D eigenvalue weighted by atomic mass is 9.58. The Morgan fingerprint density at radius 1 is 1.07 bits per heavy atom. The third-order valence-electron chi connectivity index (χ3n) is 8.87. The van der Waals surface area contributed by atoms with Gasteiger partial charge in [0.1, 0.15) is 34.2 Å². The van der Waals surface area contributed by atoms with E-state index in [4.69, 9.17) is 10.2 Å². The van der Waals surface area contributed by atoms with Crippen LogP contribution in [0.3, 0.4) is 0 Å². The van der Waals surface area contributed by atoms with E-state index in [1.54, 1.807) is 46.4 Å². The predicted molar refractivity (Wildman–Crippen MR) is 153 cm³/mol. The molecule has 2 aromatic carbocycles. The lowest BCUT2D eigenvalue weighted by Gasteiger charge is -2.50. The summed E-state index contributed by atoms with van der Waals surface area (Å²) in [5.74, 6) is -6.57. The number of phenolic OH excluding ortho intramolecular Hbond substituents is 1. The normalized spacial score (nSPS) is 25.5. The molecule has 0 bridgehead atoms. The second-order valence-electron chi connectivity index (χ2n) is 11.7. The number of benzene rings is 2. The van der Waals surface area contributed by atoms with E-state index in [9.17, 15) is 34.8 Å². The number of aromatic hydroxyl groups is 1. The molecule has 0 fully saturated rings. The summed E-state index contributed by atoms with van der Waals surface area (Å²) in [4.78, 5) is 43.3. The van der Waals surface area contributed by atoms with Crippen LogP contribution in [0, 0.1) is 11.8 Å². The van der Waals surface area contributed by atoms with E-state index in [0.29, 0.717) is 22.6 Å². The van der Waals surface area contributed by atoms with Crippen LogP contribution in [0.4, 0.5) is 5.69 Å². The number of hydrogen-bond donors (Lipinski definition) is 5. The smallest absolute Gasteiger partial charge is 0.255 e. The van der Waals surface area contributed by atoms with E-state index in [0.717, 1.165) is 5.39 Å². The molecule has 3 aliphatic rings. The van der Waals surface area contributed by atoms with Crippen LogP contribution in [-0.4, -0.2) is 82.6 Å². The van der Waals surface area contributed by atoms with Crippen molar-refractivity contribution >= 4 is 34.1 Å². The molecule has 218 valence electrons. The molecule has 1 heterocycles. The fourth-order valence-electron chi connectivity index (χ4n) is 7.00. The maximum Gasteiger partial charge on any atom is 0.255 e. The van der Waals surface area contributed by atoms with E-state index in [-0.39, 0.29) is 35.3 Å². The minimum absolute atomic E-state index is 0.0186. The first-order valence-corrected chi connectivity index (χ1v) is 13.5. The number of aliphatic hydroxyl groups is 3. The largest absolute Gasteiger partial charge is 0.510 e. The molecule has 0 saturated heterocycles. The van der Waals surface area contributed by atoms with Crippen LogP contribution in [0.25, 0.3) is 22.3 Å². The number of likely N-dealkylation sites (N-methyl/N-ethyl adjacent to an activating group) is 1. The number of Topliss-reactive ketones (excluding diaryl/α,β-unsaturated/α-hetero) is 2. The van der Waals surface area contributed by atoms with Gasteiger partial charge in [0.2, 0.25) is 5.78 Å². The van der Waals surface area contributed by atoms with Crippen molar-refractivity contribution in [2.75, 3.05) is 33.1 Å². The third-order valence-corrected chi connectivity index (χ3v) is 8.87. The monoisotopic (exact) mass is 573 g/mol. The minimum atomic E-state index is -2.69. The van der Waals surface area contributed by atoms with E-state index in [1.165, 1.54) is 4.90 Å². The predicted octanol–water partition coefficient (Wildman–Crippen LogP) is 2.60. The summed E-state index contributed by atoms with van der Waals surface area (Å²) in [6.07, 6.45) is 0.209. The van der Waals surface area contributed by atoms with Crippen molar-refractivity contribution in [1.29, 1.82) is 0 Å². The van der Waals surface area contributed by atoms with Gasteiger partial charge in [0.05, 0.1) is 17.2 Å². The molecule has 4 atom stereocenters. The average Bonchev–Trinajstić information content (AvgIpc) is 3.34. The number of rotatable bonds is 4. The molecule has 11 nitrogen and oxygen atoms in total. The minimum Gasteiger partial charge on any atom is -0.510 e. The third kappa shape index (κ3) is 3.56. The highest BCUT2D eigenvalue weighted by Crippen LogP contribution is 2.54. The zero-order chi connectivity index (χ0) is 30.4. The Balaban J connectivity index is 1.57. The summed E-state index contributed by atoms with van der Waals surface area (Å²) in [5.41, 5.74) is 3.63. The van der Waals surface area contributed by atoms with Crippen LogP contribution in [-0.2, 0) is 16.0 Å². The molecule has 6 rings (SSSR count). The molecule has 11 heteroatoms. The zero-order valence-electron chi connectivity index (χ0n) is 23.5. The Labute approximate surface area is 240 Å². The first-order chi connectivity index (χ1) is 19.8. The SMILES string of the molecule is CN(C)c1cc(-c2cc3ccccc3o2)c(O)c2c1CC1CC3C(N(C)C)C(O)=C(C(N)=O)C(=O)C3(O)C(O)=C1C2=O. The lowest BCUT2D eigenvalue weighted by molar-refractivity contribution is -0.148. The van der Waals surface area contributed by atoms with Gasteiger partial charge in [-0.2, -0.15) is 0 Å². The number of para-hydroxylation sites is 1. The summed E-state index contributed by atoms with van der Waals surface area (Å²) >= 11 is 0. The summed E-state index contributed by atoms with van der Waals surface area (Å²) in [6.45, 7) is 0. The number of furan rings is 1. The molecule has 1 aromatic heterocycles. The topological polar surface area (TPSA) is 178 Å². The Hall–Kier alpha value is -4.61. The van der Waals surface area contributed by atoms with Crippen LogP contribution in [0.2, 0.25) is 0 Å². The summed E-state index contributed by atoms with van der Waals surface area (Å²) in [7, 11) is 6.79. The number of nitrogens with zero attached hydrogens (tertiary/aromatic N) is 2. The standard InChI is InChI=1S/C31H31N3O8/c1-33(2)18-12-16(20-11-13-7-5-6-8-19(13)42-20)25(35)22-15(18)9-14-10-17-24(34(3)4)27(37)23(30(32)40)29(39)31(17,41)28(38)21(14)26(22)36/h5-8,11-12,14,17,24,35,37-38,41H,9-10H2,1-4H3,(H2,32,40). The van der Waals surface area contributed by atoms with Gasteiger partial charge in [-0.25, -0.2) is 0 Å². The number of nitrogens with two attached hydrogens (primary N) is 1. The molecular weight excluding hydrogens is 542 g/mol. The number of phenols is 1. The first kappa shape index (κ1) is 27.6. The van der Waals surface area contributed by atoms with Crippen molar-refractivity contribution in [2.24, 2.45) is 17.6 Å². The number of carbonyl (C=O) groups is 3. The maximum absolute atomic E-state index is 14.2. The average molecular weight is 574 g/mol. The molecule has 0 radical (unpaired) electrons. The summed E-state index contributed by atoms with van der Waals surface area (Å²) in [6, 6.07) is 9.76. The van der Waals surface area contributed by atoms with E-state index < -0.39 is 58.0 Å². The Kier molecular flexibility index (Phi) is 6.03. The van der Waals surface area contributed by atoms with Crippen molar-refractivity contribution in [3.05, 3.63) is 70.2 Å². The second kappa shape index (κ2) is 9.20. The van der Waals surface area contributed by atoms with Crippen molar-refractivity contribution < 1.29 is 39.2 Å². The van der Waals surface area contributed by atoms with E-state index in [1.807, 2.05) is 23.1 Å². The number of fused-ring (bicyclic) bond motifs is 4. The summed E-state index contributed by atoms with van der Waals surface area (Å²) < 4.78 is 5.99. The highest BCUT2D eigenvalue weighted by atomic mass is 16.4. The molecule has 3 aliphatic carbocycles. The van der Waals surface area contributed by atoms with E-state index in [2.05, 4.69) is 0 Å². The zero-order valence-corrected chi connectivity index (χ0v) is 23.5. The Morgan fingerprint density at radius 2 is 1.76 bits per heavy atom. The molecule has 42 heavy (non-hydrogen) atoms. The fourth-order valence-corrected chi connectivity index (χ4v) is 7.00. The van der Waals surface area contributed by atoms with Crippen molar-refractivity contribution in [1.82, 2.24) is 4.90 Å². The van der Waals surface area contributed by atoms with Gasteiger partial charge in [0.25, 0.3) is 5.91 Å².